The molecule has 7 heteroatoms. The van der Waals surface area contributed by atoms with Crippen molar-refractivity contribution in [1.29, 1.82) is 0 Å². The molecule has 0 unspecified atom stereocenters. The molecule has 1 N–H and O–H groups in total. The Morgan fingerprint density at radius 2 is 1.66 bits per heavy atom. The van der Waals surface area contributed by atoms with Gasteiger partial charge in [0.05, 0.1) is 28.3 Å². The predicted octanol–water partition coefficient (Wildman–Crippen LogP) is 6.93. The van der Waals surface area contributed by atoms with Crippen LogP contribution in [0.25, 0.3) is 32.9 Å². The molecular weight excluding hydrogens is 496 g/mol. The molecular formula is C31H28N2O4S. The Morgan fingerprint density at radius 3 is 2.34 bits per heavy atom. The van der Waals surface area contributed by atoms with Crippen LogP contribution in [0.5, 0.6) is 0 Å². The number of rotatable bonds is 8. The maximum atomic E-state index is 13.7. The first-order valence-electron chi connectivity index (χ1n) is 12.4. The summed E-state index contributed by atoms with van der Waals surface area (Å²) < 4.78 is 37.6. The zero-order valence-corrected chi connectivity index (χ0v) is 22.1. The second-order valence-electron chi connectivity index (χ2n) is 8.99. The van der Waals surface area contributed by atoms with Gasteiger partial charge in [-0.2, -0.15) is 0 Å². The molecule has 0 aliphatic carbocycles. The molecule has 0 aliphatic rings. The van der Waals surface area contributed by atoms with Crippen LogP contribution in [0.3, 0.4) is 0 Å². The number of benzene rings is 4. The van der Waals surface area contributed by atoms with E-state index in [1.807, 2.05) is 61.5 Å². The van der Waals surface area contributed by atoms with Gasteiger partial charge in [-0.3, -0.25) is 4.72 Å². The lowest BCUT2D eigenvalue weighted by Gasteiger charge is -2.19. The molecule has 0 fully saturated rings. The first-order valence-corrected chi connectivity index (χ1v) is 13.8. The summed E-state index contributed by atoms with van der Waals surface area (Å²) in [6, 6.07) is 25.7. The first kappa shape index (κ1) is 25.3. The zero-order valence-electron chi connectivity index (χ0n) is 21.3. The minimum atomic E-state index is -4.04. The summed E-state index contributed by atoms with van der Waals surface area (Å²) in [5.41, 5.74) is 4.38. The molecule has 0 spiro atoms. The molecule has 4 aromatic carbocycles. The summed E-state index contributed by atoms with van der Waals surface area (Å²) in [5.74, 6) is -0.608. The standard InChI is InChI=1S/C31H28N2O4S/c1-4-19-33-26-14-10-9-13-24(26)29-27(33)20-25(31(34)37-5-2)30(28(29)22-11-7-6-8-12-22)32-38(35,36)23-17-15-21(3)16-18-23/h4,6-18,20,32H,1,5,19H2,2-3H3. The average molecular weight is 525 g/mol. The Bertz CT molecular complexity index is 1770. The van der Waals surface area contributed by atoms with E-state index >= 15 is 0 Å². The summed E-state index contributed by atoms with van der Waals surface area (Å²) in [4.78, 5) is 13.5. The third-order valence-electron chi connectivity index (χ3n) is 6.50. The van der Waals surface area contributed by atoms with Crippen LogP contribution in [0.4, 0.5) is 5.69 Å². The Hall–Kier alpha value is -4.36. The Kier molecular flexibility index (Phi) is 6.78. The van der Waals surface area contributed by atoms with Gasteiger partial charge in [0, 0.05) is 28.4 Å². The van der Waals surface area contributed by atoms with Crippen molar-refractivity contribution in [2.24, 2.45) is 0 Å². The molecule has 0 saturated carbocycles. The van der Waals surface area contributed by atoms with Crippen molar-refractivity contribution in [2.45, 2.75) is 25.3 Å². The van der Waals surface area contributed by atoms with E-state index in [-0.39, 0.29) is 22.8 Å². The molecule has 0 atom stereocenters. The Labute approximate surface area is 222 Å². The van der Waals surface area contributed by atoms with Gasteiger partial charge >= 0.3 is 5.97 Å². The lowest BCUT2D eigenvalue weighted by Crippen LogP contribution is -2.18. The van der Waals surface area contributed by atoms with Crippen LogP contribution in [0.15, 0.2) is 102 Å². The fourth-order valence-electron chi connectivity index (χ4n) is 4.81. The highest BCUT2D eigenvalue weighted by Crippen LogP contribution is 2.44. The SMILES string of the molecule is C=CCn1c2ccccc2c2c(-c3ccccc3)c(NS(=O)(=O)c3ccc(C)cc3)c(C(=O)OCC)cc21. The van der Waals surface area contributed by atoms with Gasteiger partial charge in [-0.25, -0.2) is 13.2 Å². The highest BCUT2D eigenvalue weighted by Gasteiger charge is 2.28. The summed E-state index contributed by atoms with van der Waals surface area (Å²) in [6.45, 7) is 8.19. The van der Waals surface area contributed by atoms with Crippen molar-refractivity contribution in [2.75, 3.05) is 11.3 Å². The quantitative estimate of drug-likeness (QED) is 0.176. The number of nitrogens with one attached hydrogen (secondary N) is 1. The number of hydrogen-bond acceptors (Lipinski definition) is 4. The second-order valence-corrected chi connectivity index (χ2v) is 10.7. The lowest BCUT2D eigenvalue weighted by atomic mass is 9.94. The fourth-order valence-corrected chi connectivity index (χ4v) is 5.90. The largest absolute Gasteiger partial charge is 0.462 e. The van der Waals surface area contributed by atoms with E-state index in [9.17, 15) is 13.2 Å². The molecule has 5 rings (SSSR count). The summed E-state index contributed by atoms with van der Waals surface area (Å²) in [5, 5.41) is 1.78. The van der Waals surface area contributed by atoms with Crippen LogP contribution in [0.2, 0.25) is 0 Å². The molecule has 192 valence electrons. The van der Waals surface area contributed by atoms with Crippen LogP contribution >= 0.6 is 0 Å². The number of fused-ring (bicyclic) bond motifs is 3. The number of carbonyl (C=O) groups is 1. The highest BCUT2D eigenvalue weighted by molar-refractivity contribution is 7.92. The summed E-state index contributed by atoms with van der Waals surface area (Å²) >= 11 is 0. The monoisotopic (exact) mass is 524 g/mol. The number of para-hydroxylation sites is 1. The number of carbonyl (C=O) groups excluding carboxylic acids is 1. The van der Waals surface area contributed by atoms with Gasteiger partial charge < -0.3 is 9.30 Å². The van der Waals surface area contributed by atoms with Crippen LogP contribution in [-0.4, -0.2) is 25.6 Å². The number of anilines is 1. The second kappa shape index (κ2) is 10.2. The third-order valence-corrected chi connectivity index (χ3v) is 7.86. The van der Waals surface area contributed by atoms with E-state index in [2.05, 4.69) is 15.9 Å². The number of ether oxygens (including phenoxy) is 1. The van der Waals surface area contributed by atoms with E-state index in [1.54, 1.807) is 43.3 Å². The number of esters is 1. The van der Waals surface area contributed by atoms with Crippen molar-refractivity contribution in [3.8, 4) is 11.1 Å². The maximum Gasteiger partial charge on any atom is 0.340 e. The molecule has 0 amide bonds. The number of nitrogens with zero attached hydrogens (tertiary/aromatic N) is 1. The Morgan fingerprint density at radius 1 is 0.974 bits per heavy atom. The average Bonchev–Trinajstić information content (AvgIpc) is 3.22. The van der Waals surface area contributed by atoms with Crippen molar-refractivity contribution in [3.63, 3.8) is 0 Å². The van der Waals surface area contributed by atoms with Gasteiger partial charge in [0.1, 0.15) is 0 Å². The molecule has 0 bridgehead atoms. The molecule has 0 radical (unpaired) electrons. The summed E-state index contributed by atoms with van der Waals surface area (Å²) in [6.07, 6.45) is 1.80. The normalized spacial score (nSPS) is 11.5. The van der Waals surface area contributed by atoms with E-state index in [0.29, 0.717) is 12.1 Å². The van der Waals surface area contributed by atoms with Gasteiger partial charge in [-0.15, -0.1) is 6.58 Å². The van der Waals surface area contributed by atoms with Crippen molar-refractivity contribution >= 4 is 43.5 Å². The molecule has 5 aromatic rings. The predicted molar refractivity (Wildman–Crippen MR) is 153 cm³/mol. The van der Waals surface area contributed by atoms with Gasteiger partial charge in [0.15, 0.2) is 0 Å². The fraction of sp³-hybridized carbons (Fsp3) is 0.129. The van der Waals surface area contributed by atoms with Crippen molar-refractivity contribution < 1.29 is 17.9 Å². The number of sulfonamides is 1. The topological polar surface area (TPSA) is 77.4 Å². The molecule has 0 saturated heterocycles. The minimum Gasteiger partial charge on any atom is -0.462 e. The van der Waals surface area contributed by atoms with Gasteiger partial charge in [-0.05, 0) is 43.7 Å². The van der Waals surface area contributed by atoms with Crippen LogP contribution < -0.4 is 4.72 Å². The van der Waals surface area contributed by atoms with Gasteiger partial charge in [0.25, 0.3) is 10.0 Å². The highest BCUT2D eigenvalue weighted by atomic mass is 32.2. The maximum absolute atomic E-state index is 13.7. The van der Waals surface area contributed by atoms with E-state index < -0.39 is 16.0 Å². The summed E-state index contributed by atoms with van der Waals surface area (Å²) in [7, 11) is -4.04. The smallest absolute Gasteiger partial charge is 0.340 e. The number of allylic oxidation sites excluding steroid dienone is 1. The lowest BCUT2D eigenvalue weighted by molar-refractivity contribution is 0.0528. The third kappa shape index (κ3) is 4.46. The van der Waals surface area contributed by atoms with Crippen LogP contribution in [-0.2, 0) is 21.3 Å². The number of aryl methyl sites for hydroxylation is 1. The van der Waals surface area contributed by atoms with E-state index in [4.69, 9.17) is 4.74 Å². The van der Waals surface area contributed by atoms with Crippen molar-refractivity contribution in [1.82, 2.24) is 4.57 Å². The van der Waals surface area contributed by atoms with E-state index in [0.717, 1.165) is 32.9 Å². The van der Waals surface area contributed by atoms with E-state index in [1.165, 1.54) is 0 Å². The molecule has 38 heavy (non-hydrogen) atoms. The molecule has 1 heterocycles. The van der Waals surface area contributed by atoms with Gasteiger partial charge in [-0.1, -0.05) is 72.3 Å². The van der Waals surface area contributed by atoms with Gasteiger partial charge in [0.2, 0.25) is 0 Å². The van der Waals surface area contributed by atoms with Crippen molar-refractivity contribution in [3.05, 3.63) is 109 Å². The van der Waals surface area contributed by atoms with Crippen LogP contribution in [0, 0.1) is 6.92 Å². The first-order chi connectivity index (χ1) is 18.4. The molecule has 6 nitrogen and oxygen atoms in total. The number of hydrogen-bond donors (Lipinski definition) is 1. The van der Waals surface area contributed by atoms with Crippen LogP contribution in [0.1, 0.15) is 22.8 Å². The Balaban J connectivity index is 1.92. The zero-order chi connectivity index (χ0) is 26.9. The molecule has 0 aliphatic heterocycles. The minimum absolute atomic E-state index is 0.103. The molecule has 1 aromatic heterocycles. The number of aromatic nitrogens is 1.